The van der Waals surface area contributed by atoms with E-state index in [0.717, 1.165) is 22.4 Å². The van der Waals surface area contributed by atoms with Crippen LogP contribution in [-0.2, 0) is 4.79 Å². The Morgan fingerprint density at radius 3 is 2.27 bits per heavy atom. The number of para-hydroxylation sites is 2. The predicted octanol–water partition coefficient (Wildman–Crippen LogP) is 6.99. The van der Waals surface area contributed by atoms with Crippen LogP contribution in [0.3, 0.4) is 0 Å². The molecule has 1 N–H and O–H groups in total. The molecule has 7 heteroatoms. The maximum atomic E-state index is 13.3. The molecule has 3 aromatic carbocycles. The monoisotopic (exact) mass is 452 g/mol. The van der Waals surface area contributed by atoms with E-state index in [0.29, 0.717) is 26.7 Å². The summed E-state index contributed by atoms with van der Waals surface area (Å²) in [6.07, 6.45) is 0. The predicted molar refractivity (Wildman–Crippen MR) is 121 cm³/mol. The van der Waals surface area contributed by atoms with E-state index in [1.54, 1.807) is 12.1 Å². The third-order valence-corrected chi connectivity index (χ3v) is 6.39. The number of benzene rings is 3. The Bertz CT molecular complexity index is 1230. The van der Waals surface area contributed by atoms with Gasteiger partial charge in [0.15, 0.2) is 5.13 Å². The Balaban J connectivity index is 1.45. The maximum Gasteiger partial charge on any atom is 0.238 e. The first-order chi connectivity index (χ1) is 14.6. The fourth-order valence-corrected chi connectivity index (χ4v) is 4.51. The molecule has 4 nitrogen and oxygen atoms in total. The number of hydrogen-bond acceptors (Lipinski definition) is 4. The minimum absolute atomic E-state index is 0.159. The van der Waals surface area contributed by atoms with E-state index >= 15 is 0 Å². The van der Waals surface area contributed by atoms with Crippen LogP contribution in [0, 0.1) is 0 Å². The number of anilines is 1. The summed E-state index contributed by atoms with van der Waals surface area (Å²) in [5, 5.41) is 6.30. The van der Waals surface area contributed by atoms with E-state index in [4.69, 9.17) is 27.9 Å². The van der Waals surface area contributed by atoms with Crippen molar-refractivity contribution < 1.29 is 9.53 Å². The number of nitrogens with one attached hydrogen (secondary N) is 1. The van der Waals surface area contributed by atoms with Crippen molar-refractivity contribution in [2.45, 2.75) is 5.92 Å². The normalized spacial score (nSPS) is 12.6. The van der Waals surface area contributed by atoms with E-state index in [9.17, 15) is 4.79 Å². The lowest BCUT2D eigenvalue weighted by atomic mass is 9.87. The summed E-state index contributed by atoms with van der Waals surface area (Å²) in [6, 6.07) is 20.5. The minimum Gasteiger partial charge on any atom is -0.457 e. The summed E-state index contributed by atoms with van der Waals surface area (Å²) in [5.41, 5.74) is 3.22. The molecule has 2 heterocycles. The Morgan fingerprint density at radius 1 is 0.933 bits per heavy atom. The molecule has 1 aromatic heterocycles. The van der Waals surface area contributed by atoms with Crippen LogP contribution >= 0.6 is 34.5 Å². The summed E-state index contributed by atoms with van der Waals surface area (Å²) >= 11 is 13.5. The average molecular weight is 453 g/mol. The van der Waals surface area contributed by atoms with Gasteiger partial charge in [0.25, 0.3) is 0 Å². The van der Waals surface area contributed by atoms with Gasteiger partial charge in [-0.1, -0.05) is 65.7 Å². The number of halogens is 2. The standard InChI is InChI=1S/C23H14Cl2N2O2S/c24-16-10-9-13(11-17(16)25)18-12-30-23(26-18)27-22(28)21-14-5-1-3-7-19(14)29-20-8-4-2-6-15(20)21/h1-12,21H,(H,26,27,28). The quantitative estimate of drug-likeness (QED) is 0.364. The van der Waals surface area contributed by atoms with Crippen LogP contribution < -0.4 is 10.1 Å². The van der Waals surface area contributed by atoms with Crippen LogP contribution in [0.25, 0.3) is 11.3 Å². The number of thiazole rings is 1. The summed E-state index contributed by atoms with van der Waals surface area (Å²) in [7, 11) is 0. The number of hydrogen-bond donors (Lipinski definition) is 1. The van der Waals surface area contributed by atoms with Gasteiger partial charge in [-0.2, -0.15) is 0 Å². The number of carbonyl (C=O) groups excluding carboxylic acids is 1. The summed E-state index contributed by atoms with van der Waals surface area (Å²) < 4.78 is 5.97. The molecule has 4 aromatic rings. The lowest BCUT2D eigenvalue weighted by Crippen LogP contribution is -2.25. The largest absolute Gasteiger partial charge is 0.457 e. The molecular formula is C23H14Cl2N2O2S. The Hall–Kier alpha value is -2.86. The van der Waals surface area contributed by atoms with Gasteiger partial charge in [-0.15, -0.1) is 11.3 Å². The summed E-state index contributed by atoms with van der Waals surface area (Å²) in [5.74, 6) is 0.732. The maximum absolute atomic E-state index is 13.3. The zero-order chi connectivity index (χ0) is 20.7. The second kappa shape index (κ2) is 7.76. The second-order valence-electron chi connectivity index (χ2n) is 6.77. The van der Waals surface area contributed by atoms with Crippen molar-refractivity contribution >= 4 is 45.6 Å². The number of rotatable bonds is 3. The van der Waals surface area contributed by atoms with Crippen molar-refractivity contribution in [3.05, 3.63) is 93.3 Å². The summed E-state index contributed by atoms with van der Waals surface area (Å²) in [4.78, 5) is 17.9. The summed E-state index contributed by atoms with van der Waals surface area (Å²) in [6.45, 7) is 0. The zero-order valence-corrected chi connectivity index (χ0v) is 17.8. The molecule has 30 heavy (non-hydrogen) atoms. The lowest BCUT2D eigenvalue weighted by Gasteiger charge is -2.27. The van der Waals surface area contributed by atoms with Crippen LogP contribution in [-0.4, -0.2) is 10.9 Å². The van der Waals surface area contributed by atoms with Crippen molar-refractivity contribution in [3.63, 3.8) is 0 Å². The highest BCUT2D eigenvalue weighted by Gasteiger charge is 2.32. The molecule has 148 valence electrons. The van der Waals surface area contributed by atoms with E-state index < -0.39 is 5.92 Å². The lowest BCUT2D eigenvalue weighted by molar-refractivity contribution is -0.116. The van der Waals surface area contributed by atoms with Gasteiger partial charge in [0, 0.05) is 22.1 Å². The SMILES string of the molecule is O=C(Nc1nc(-c2ccc(Cl)c(Cl)c2)cs1)C1c2ccccc2Oc2ccccc21. The van der Waals surface area contributed by atoms with Crippen LogP contribution in [0.5, 0.6) is 11.5 Å². The Kier molecular flexibility index (Phi) is 4.95. The molecule has 0 spiro atoms. The number of aromatic nitrogens is 1. The Labute approximate surface area is 187 Å². The van der Waals surface area contributed by atoms with Crippen LogP contribution in [0.4, 0.5) is 5.13 Å². The molecule has 0 saturated heterocycles. The fraction of sp³-hybridized carbons (Fsp3) is 0.0435. The van der Waals surface area contributed by atoms with Gasteiger partial charge in [-0.05, 0) is 24.3 Å². The number of carbonyl (C=O) groups is 1. The molecule has 0 bridgehead atoms. The van der Waals surface area contributed by atoms with E-state index in [-0.39, 0.29) is 5.91 Å². The number of amides is 1. The van der Waals surface area contributed by atoms with E-state index in [1.165, 1.54) is 11.3 Å². The van der Waals surface area contributed by atoms with E-state index in [2.05, 4.69) is 10.3 Å². The molecule has 0 radical (unpaired) electrons. The van der Waals surface area contributed by atoms with Gasteiger partial charge in [-0.3, -0.25) is 4.79 Å². The first-order valence-electron chi connectivity index (χ1n) is 9.17. The highest BCUT2D eigenvalue weighted by Crippen LogP contribution is 2.44. The minimum atomic E-state index is -0.483. The molecule has 1 aliphatic rings. The van der Waals surface area contributed by atoms with Crippen LogP contribution in [0.2, 0.25) is 10.0 Å². The Morgan fingerprint density at radius 2 is 1.60 bits per heavy atom. The van der Waals surface area contributed by atoms with Crippen molar-refractivity contribution in [2.75, 3.05) is 5.32 Å². The molecule has 0 aliphatic carbocycles. The van der Waals surface area contributed by atoms with Crippen LogP contribution in [0.1, 0.15) is 17.0 Å². The van der Waals surface area contributed by atoms with Gasteiger partial charge < -0.3 is 10.1 Å². The van der Waals surface area contributed by atoms with Gasteiger partial charge >= 0.3 is 0 Å². The number of ether oxygens (including phenoxy) is 1. The van der Waals surface area contributed by atoms with Crippen molar-refractivity contribution in [1.82, 2.24) is 4.98 Å². The number of fused-ring (bicyclic) bond motifs is 2. The molecule has 0 unspecified atom stereocenters. The fourth-order valence-electron chi connectivity index (χ4n) is 3.49. The number of nitrogens with zero attached hydrogens (tertiary/aromatic N) is 1. The van der Waals surface area contributed by atoms with Crippen molar-refractivity contribution in [2.24, 2.45) is 0 Å². The smallest absolute Gasteiger partial charge is 0.238 e. The van der Waals surface area contributed by atoms with Gasteiger partial charge in [0.1, 0.15) is 11.5 Å². The van der Waals surface area contributed by atoms with Crippen molar-refractivity contribution in [1.29, 1.82) is 0 Å². The topological polar surface area (TPSA) is 51.2 Å². The molecule has 0 atom stereocenters. The molecular weight excluding hydrogens is 439 g/mol. The highest BCUT2D eigenvalue weighted by molar-refractivity contribution is 7.14. The third kappa shape index (κ3) is 3.45. The van der Waals surface area contributed by atoms with Gasteiger partial charge in [0.05, 0.1) is 21.7 Å². The van der Waals surface area contributed by atoms with Gasteiger partial charge in [-0.25, -0.2) is 4.98 Å². The zero-order valence-electron chi connectivity index (χ0n) is 15.4. The highest BCUT2D eigenvalue weighted by atomic mass is 35.5. The van der Waals surface area contributed by atoms with E-state index in [1.807, 2.05) is 60.0 Å². The molecule has 0 saturated carbocycles. The average Bonchev–Trinajstić information content (AvgIpc) is 3.22. The first kappa shape index (κ1) is 19.1. The van der Waals surface area contributed by atoms with Gasteiger partial charge in [0.2, 0.25) is 5.91 Å². The van der Waals surface area contributed by atoms with Crippen molar-refractivity contribution in [3.8, 4) is 22.8 Å². The molecule has 1 amide bonds. The molecule has 0 fully saturated rings. The molecule has 1 aliphatic heterocycles. The third-order valence-electron chi connectivity index (χ3n) is 4.89. The van der Waals surface area contributed by atoms with Crippen LogP contribution in [0.15, 0.2) is 72.1 Å². The molecule has 5 rings (SSSR count). The second-order valence-corrected chi connectivity index (χ2v) is 8.44. The first-order valence-corrected chi connectivity index (χ1v) is 10.8.